The lowest BCUT2D eigenvalue weighted by Gasteiger charge is -2.37. The van der Waals surface area contributed by atoms with Crippen molar-refractivity contribution in [2.75, 3.05) is 30.8 Å². The summed E-state index contributed by atoms with van der Waals surface area (Å²) in [5.41, 5.74) is 1.78. The highest BCUT2D eigenvalue weighted by atomic mass is 35.5. The van der Waals surface area contributed by atoms with Crippen LogP contribution in [0.15, 0.2) is 29.6 Å². The third kappa shape index (κ3) is 4.87. The van der Waals surface area contributed by atoms with E-state index in [1.54, 1.807) is 24.5 Å². The second-order valence-electron chi connectivity index (χ2n) is 8.62. The van der Waals surface area contributed by atoms with Crippen molar-refractivity contribution in [2.24, 2.45) is 5.92 Å². The highest BCUT2D eigenvalue weighted by Crippen LogP contribution is 2.32. The molecule has 10 heteroatoms. The first-order valence-corrected chi connectivity index (χ1v) is 13.3. The molecule has 2 fully saturated rings. The van der Waals surface area contributed by atoms with E-state index in [2.05, 4.69) is 14.9 Å². The Bertz CT molecular complexity index is 1130. The number of likely N-dealkylation sites (tertiary alicyclic amines) is 1. The summed E-state index contributed by atoms with van der Waals surface area (Å²) in [4.78, 5) is 25.8. The van der Waals surface area contributed by atoms with Gasteiger partial charge in [0.15, 0.2) is 14.9 Å². The number of anilines is 1. The Kier molecular flexibility index (Phi) is 6.66. The average molecular weight is 497 g/mol. The van der Waals surface area contributed by atoms with Crippen LogP contribution in [0.25, 0.3) is 0 Å². The van der Waals surface area contributed by atoms with Gasteiger partial charge in [-0.15, -0.1) is 0 Å². The number of hydrogen-bond acceptors (Lipinski definition) is 6. The SMILES string of the molecule is Cc1cc(S(C)(=O)=O)ncc1C[C@H]1CCN(C2CCN(c3ncc(Cl)cc3Cl)CC2)C1=O. The Labute approximate surface area is 198 Å². The van der Waals surface area contributed by atoms with E-state index in [4.69, 9.17) is 23.2 Å². The third-order valence-electron chi connectivity index (χ3n) is 6.38. The fraction of sp³-hybridized carbons (Fsp3) is 0.500. The number of rotatable bonds is 5. The van der Waals surface area contributed by atoms with Gasteiger partial charge in [-0.1, -0.05) is 23.2 Å². The van der Waals surface area contributed by atoms with Crippen LogP contribution in [0.1, 0.15) is 30.4 Å². The largest absolute Gasteiger partial charge is 0.355 e. The summed E-state index contributed by atoms with van der Waals surface area (Å²) >= 11 is 12.3. The minimum absolute atomic E-state index is 0.0696. The lowest BCUT2D eigenvalue weighted by Crippen LogP contribution is -2.46. The molecule has 1 atom stereocenters. The maximum atomic E-state index is 13.1. The molecule has 4 heterocycles. The van der Waals surface area contributed by atoms with Crippen molar-refractivity contribution < 1.29 is 13.2 Å². The number of piperidine rings is 1. The Morgan fingerprint density at radius 3 is 2.41 bits per heavy atom. The molecule has 0 unspecified atom stereocenters. The summed E-state index contributed by atoms with van der Waals surface area (Å²) < 4.78 is 23.4. The third-order valence-corrected chi connectivity index (χ3v) is 7.85. The predicted octanol–water partition coefficient (Wildman–Crippen LogP) is 3.56. The van der Waals surface area contributed by atoms with Crippen LogP contribution in [-0.2, 0) is 21.1 Å². The first-order valence-electron chi connectivity index (χ1n) is 10.7. The Morgan fingerprint density at radius 2 is 1.78 bits per heavy atom. The van der Waals surface area contributed by atoms with Crippen molar-refractivity contribution in [3.8, 4) is 0 Å². The number of sulfone groups is 1. The molecule has 4 rings (SSSR count). The monoisotopic (exact) mass is 496 g/mol. The fourth-order valence-corrected chi connectivity index (χ4v) is 5.72. The molecule has 0 aromatic carbocycles. The molecule has 172 valence electrons. The van der Waals surface area contributed by atoms with Crippen molar-refractivity contribution in [1.82, 2.24) is 14.9 Å². The van der Waals surface area contributed by atoms with E-state index < -0.39 is 9.84 Å². The molecule has 1 amide bonds. The smallest absolute Gasteiger partial charge is 0.226 e. The van der Waals surface area contributed by atoms with Gasteiger partial charge in [0.25, 0.3) is 0 Å². The molecule has 7 nitrogen and oxygen atoms in total. The molecule has 2 saturated heterocycles. The average Bonchev–Trinajstić information content (AvgIpc) is 3.09. The Hall–Kier alpha value is -1.90. The molecule has 0 bridgehead atoms. The van der Waals surface area contributed by atoms with Gasteiger partial charge in [-0.2, -0.15) is 0 Å². The van der Waals surface area contributed by atoms with Gasteiger partial charge < -0.3 is 9.80 Å². The quantitative estimate of drug-likeness (QED) is 0.629. The maximum Gasteiger partial charge on any atom is 0.226 e. The molecule has 0 spiro atoms. The van der Waals surface area contributed by atoms with Crippen LogP contribution in [0.4, 0.5) is 5.82 Å². The molecule has 0 radical (unpaired) electrons. The summed E-state index contributed by atoms with van der Waals surface area (Å²) in [6.07, 6.45) is 7.46. The number of aryl methyl sites for hydroxylation is 1. The van der Waals surface area contributed by atoms with Gasteiger partial charge in [-0.3, -0.25) is 4.79 Å². The number of carbonyl (C=O) groups excluding carboxylic acids is 1. The van der Waals surface area contributed by atoms with Gasteiger partial charge in [-0.25, -0.2) is 18.4 Å². The van der Waals surface area contributed by atoms with Gasteiger partial charge >= 0.3 is 0 Å². The summed E-state index contributed by atoms with van der Waals surface area (Å²) in [5, 5.41) is 1.12. The van der Waals surface area contributed by atoms with Gasteiger partial charge in [0.2, 0.25) is 5.91 Å². The molecule has 32 heavy (non-hydrogen) atoms. The number of pyridine rings is 2. The number of amides is 1. The van der Waals surface area contributed by atoms with E-state index in [9.17, 15) is 13.2 Å². The van der Waals surface area contributed by atoms with Gasteiger partial charge in [0.05, 0.1) is 10.0 Å². The zero-order valence-electron chi connectivity index (χ0n) is 18.1. The van der Waals surface area contributed by atoms with Crippen LogP contribution in [0.3, 0.4) is 0 Å². The highest BCUT2D eigenvalue weighted by Gasteiger charge is 2.37. The molecule has 0 N–H and O–H groups in total. The number of carbonyl (C=O) groups is 1. The standard InChI is InChI=1S/C22H26Cl2N4O3S/c1-14-9-20(32(2,30)31)25-12-16(14)10-15-3-8-28(22(15)29)18-4-6-27(7-5-18)21-19(24)11-17(23)13-26-21/h9,11-13,15,18H,3-8,10H2,1-2H3/t15-/m1/s1. The second kappa shape index (κ2) is 9.15. The van der Waals surface area contributed by atoms with E-state index in [1.165, 1.54) is 0 Å². The first kappa shape index (κ1) is 23.3. The van der Waals surface area contributed by atoms with E-state index in [1.807, 2.05) is 11.8 Å². The van der Waals surface area contributed by atoms with Crippen molar-refractivity contribution >= 4 is 44.8 Å². The summed E-state index contributed by atoms with van der Waals surface area (Å²) in [7, 11) is -3.34. The summed E-state index contributed by atoms with van der Waals surface area (Å²) in [6.45, 7) is 4.18. The molecule has 2 aromatic heterocycles. The van der Waals surface area contributed by atoms with Crippen molar-refractivity contribution in [1.29, 1.82) is 0 Å². The van der Waals surface area contributed by atoms with Crippen LogP contribution < -0.4 is 4.90 Å². The van der Waals surface area contributed by atoms with Crippen LogP contribution in [0.2, 0.25) is 10.0 Å². The van der Waals surface area contributed by atoms with E-state index in [0.717, 1.165) is 62.1 Å². The van der Waals surface area contributed by atoms with E-state index in [-0.39, 0.29) is 22.9 Å². The van der Waals surface area contributed by atoms with E-state index in [0.29, 0.717) is 16.5 Å². The number of aromatic nitrogens is 2. The Balaban J connectivity index is 1.37. The molecule has 2 aromatic rings. The predicted molar refractivity (Wildman–Crippen MR) is 125 cm³/mol. The summed E-state index contributed by atoms with van der Waals surface area (Å²) in [5.74, 6) is 0.823. The number of hydrogen-bond donors (Lipinski definition) is 0. The molecular weight excluding hydrogens is 471 g/mol. The minimum atomic E-state index is -3.34. The summed E-state index contributed by atoms with van der Waals surface area (Å²) in [6, 6.07) is 3.50. The van der Waals surface area contributed by atoms with Crippen molar-refractivity contribution in [3.63, 3.8) is 0 Å². The van der Waals surface area contributed by atoms with Gasteiger partial charge in [-0.05, 0) is 55.9 Å². The zero-order chi connectivity index (χ0) is 23.0. The van der Waals surface area contributed by atoms with Crippen LogP contribution in [0, 0.1) is 12.8 Å². The Morgan fingerprint density at radius 1 is 1.06 bits per heavy atom. The normalized spacial score (nSPS) is 20.2. The van der Waals surface area contributed by atoms with Crippen molar-refractivity contribution in [2.45, 2.75) is 43.7 Å². The highest BCUT2D eigenvalue weighted by molar-refractivity contribution is 7.90. The lowest BCUT2D eigenvalue weighted by molar-refractivity contribution is -0.133. The van der Waals surface area contributed by atoms with Crippen molar-refractivity contribution in [3.05, 3.63) is 45.7 Å². The molecular formula is C22H26Cl2N4O3S. The van der Waals surface area contributed by atoms with Gasteiger partial charge in [0, 0.05) is 50.2 Å². The van der Waals surface area contributed by atoms with E-state index >= 15 is 0 Å². The molecule has 0 saturated carbocycles. The van der Waals surface area contributed by atoms with Crippen LogP contribution in [0.5, 0.6) is 0 Å². The second-order valence-corrected chi connectivity index (χ2v) is 11.4. The minimum Gasteiger partial charge on any atom is -0.355 e. The molecule has 2 aliphatic heterocycles. The topological polar surface area (TPSA) is 83.5 Å². The van der Waals surface area contributed by atoms with Gasteiger partial charge in [0.1, 0.15) is 5.82 Å². The first-order chi connectivity index (χ1) is 15.1. The number of halogens is 2. The lowest BCUT2D eigenvalue weighted by atomic mass is 9.96. The molecule has 2 aliphatic rings. The van der Waals surface area contributed by atoms with Crippen LogP contribution in [-0.4, -0.2) is 61.1 Å². The van der Waals surface area contributed by atoms with Crippen LogP contribution >= 0.6 is 23.2 Å². The number of nitrogens with zero attached hydrogens (tertiary/aromatic N) is 4. The fourth-order valence-electron chi connectivity index (χ4n) is 4.58. The maximum absolute atomic E-state index is 13.1. The zero-order valence-corrected chi connectivity index (χ0v) is 20.4. The molecule has 0 aliphatic carbocycles.